The van der Waals surface area contributed by atoms with Crippen molar-refractivity contribution < 1.29 is 4.74 Å². The van der Waals surface area contributed by atoms with E-state index in [2.05, 4.69) is 32.6 Å². The zero-order valence-electron chi connectivity index (χ0n) is 8.55. The third-order valence-corrected chi connectivity index (χ3v) is 3.28. The van der Waals surface area contributed by atoms with Crippen LogP contribution in [0.5, 0.6) is 0 Å². The average molecular weight is 169 g/mol. The molecule has 2 aliphatic heterocycles. The zero-order valence-corrected chi connectivity index (χ0v) is 8.55. The number of ether oxygens (including phenoxy) is 1. The Labute approximate surface area is 74.9 Å². The van der Waals surface area contributed by atoms with Gasteiger partial charge in [0, 0.05) is 24.0 Å². The molecule has 2 fully saturated rings. The van der Waals surface area contributed by atoms with Gasteiger partial charge < -0.3 is 4.74 Å². The predicted octanol–water partition coefficient (Wildman–Crippen LogP) is 1.51. The molecule has 0 unspecified atom stereocenters. The lowest BCUT2D eigenvalue weighted by Crippen LogP contribution is -2.48. The van der Waals surface area contributed by atoms with E-state index in [9.17, 15) is 0 Å². The molecule has 70 valence electrons. The minimum Gasteiger partial charge on any atom is -0.375 e. The lowest BCUT2D eigenvalue weighted by Gasteiger charge is -2.40. The molecule has 0 N–H and O–H groups in total. The molecule has 0 spiro atoms. The number of hydrogen-bond donors (Lipinski definition) is 0. The Morgan fingerprint density at radius 3 is 2.33 bits per heavy atom. The maximum atomic E-state index is 5.54. The van der Waals surface area contributed by atoms with Crippen LogP contribution in [0.1, 0.15) is 27.7 Å². The normalized spacial score (nSPS) is 42.5. The number of nitrogens with zero attached hydrogens (tertiary/aromatic N) is 1. The van der Waals surface area contributed by atoms with Gasteiger partial charge in [-0.25, -0.2) is 0 Å². The highest BCUT2D eigenvalue weighted by Gasteiger charge is 2.52. The predicted molar refractivity (Wildman–Crippen MR) is 49.2 cm³/mol. The van der Waals surface area contributed by atoms with E-state index in [0.717, 1.165) is 13.2 Å². The molecule has 2 heterocycles. The van der Waals surface area contributed by atoms with Crippen molar-refractivity contribution in [1.29, 1.82) is 0 Å². The maximum absolute atomic E-state index is 5.54. The van der Waals surface area contributed by atoms with Gasteiger partial charge in [-0.15, -0.1) is 0 Å². The summed E-state index contributed by atoms with van der Waals surface area (Å²) in [5.41, 5.74) is 0.775. The molecular formula is C10H19NO. The highest BCUT2D eigenvalue weighted by molar-refractivity contribution is 5.03. The van der Waals surface area contributed by atoms with Gasteiger partial charge in [0.1, 0.15) is 0 Å². The fourth-order valence-electron chi connectivity index (χ4n) is 2.12. The van der Waals surface area contributed by atoms with Crippen LogP contribution in [0.15, 0.2) is 0 Å². The summed E-state index contributed by atoms with van der Waals surface area (Å²) in [7, 11) is 0. The number of hydrogen-bond acceptors (Lipinski definition) is 2. The lowest BCUT2D eigenvalue weighted by molar-refractivity contribution is -0.144. The van der Waals surface area contributed by atoms with Crippen molar-refractivity contribution in [2.24, 2.45) is 5.41 Å². The minimum absolute atomic E-state index is 0.309. The third-order valence-electron chi connectivity index (χ3n) is 3.28. The van der Waals surface area contributed by atoms with Gasteiger partial charge in [0.05, 0.1) is 12.7 Å². The fraction of sp³-hybridized carbons (Fsp3) is 1.00. The summed E-state index contributed by atoms with van der Waals surface area (Å²) in [6, 6.07) is 0. The summed E-state index contributed by atoms with van der Waals surface area (Å²) >= 11 is 0. The van der Waals surface area contributed by atoms with Crippen LogP contribution < -0.4 is 0 Å². The number of likely N-dealkylation sites (tertiary alicyclic amines) is 1. The molecule has 12 heavy (non-hydrogen) atoms. The topological polar surface area (TPSA) is 12.5 Å². The van der Waals surface area contributed by atoms with E-state index >= 15 is 0 Å². The monoisotopic (exact) mass is 169 g/mol. The Morgan fingerprint density at radius 2 is 2.08 bits per heavy atom. The van der Waals surface area contributed by atoms with Gasteiger partial charge in [0.15, 0.2) is 0 Å². The molecule has 2 heteroatoms. The van der Waals surface area contributed by atoms with Gasteiger partial charge in [0.25, 0.3) is 0 Å². The molecule has 0 saturated carbocycles. The number of fused-ring (bicyclic) bond motifs is 1. The van der Waals surface area contributed by atoms with Crippen LogP contribution in [-0.2, 0) is 4.74 Å². The highest BCUT2D eigenvalue weighted by Crippen LogP contribution is 2.43. The fourth-order valence-corrected chi connectivity index (χ4v) is 2.12. The Morgan fingerprint density at radius 1 is 1.42 bits per heavy atom. The van der Waals surface area contributed by atoms with E-state index in [-0.39, 0.29) is 0 Å². The molecule has 2 atom stereocenters. The molecular weight excluding hydrogens is 150 g/mol. The van der Waals surface area contributed by atoms with Crippen LogP contribution in [-0.4, -0.2) is 36.2 Å². The molecule has 2 rings (SSSR count). The Kier molecular flexibility index (Phi) is 1.59. The zero-order chi connectivity index (χ0) is 8.98. The second-order valence-corrected chi connectivity index (χ2v) is 5.51. The van der Waals surface area contributed by atoms with Gasteiger partial charge in [0.2, 0.25) is 0 Å². The summed E-state index contributed by atoms with van der Waals surface area (Å²) in [6.45, 7) is 12.5. The Bertz CT molecular complexity index is 197. The smallest absolute Gasteiger partial charge is 0.0790 e. The summed E-state index contributed by atoms with van der Waals surface area (Å²) < 4.78 is 5.54. The van der Waals surface area contributed by atoms with E-state index in [1.54, 1.807) is 0 Å². The van der Waals surface area contributed by atoms with Crippen molar-refractivity contribution in [2.75, 3.05) is 19.7 Å². The average Bonchev–Trinajstić information content (AvgIpc) is 2.11. The van der Waals surface area contributed by atoms with Gasteiger partial charge in [-0.05, 0) is 20.8 Å². The first kappa shape index (κ1) is 8.52. The first-order valence-electron chi connectivity index (χ1n) is 4.78. The molecule has 0 bridgehead atoms. The molecule has 2 saturated heterocycles. The number of rotatable bonds is 0. The van der Waals surface area contributed by atoms with E-state index in [1.165, 1.54) is 6.54 Å². The molecule has 0 amide bonds. The summed E-state index contributed by atoms with van der Waals surface area (Å²) in [5, 5.41) is 0. The SMILES string of the molecule is CC(C)(C)N1C[C@@H]2OC[C@]2(C)C1. The standard InChI is InChI=1S/C10H19NO/c1-9(2,3)11-5-8-10(4,6-11)7-12-8/h8H,5-7H2,1-4H3/t8-,10-/m0/s1. The molecule has 0 radical (unpaired) electrons. The van der Waals surface area contributed by atoms with E-state index < -0.39 is 0 Å². The van der Waals surface area contributed by atoms with Crippen LogP contribution in [0.4, 0.5) is 0 Å². The molecule has 0 aromatic heterocycles. The molecule has 2 aliphatic rings. The summed E-state index contributed by atoms with van der Waals surface area (Å²) in [5.74, 6) is 0. The van der Waals surface area contributed by atoms with Crippen LogP contribution in [0.2, 0.25) is 0 Å². The maximum Gasteiger partial charge on any atom is 0.0790 e. The Hall–Kier alpha value is -0.0800. The van der Waals surface area contributed by atoms with Crippen molar-refractivity contribution in [3.63, 3.8) is 0 Å². The Balaban J connectivity index is 2.07. The summed E-state index contributed by atoms with van der Waals surface area (Å²) in [4.78, 5) is 2.53. The second-order valence-electron chi connectivity index (χ2n) is 5.51. The van der Waals surface area contributed by atoms with Crippen molar-refractivity contribution in [3.8, 4) is 0 Å². The quantitative estimate of drug-likeness (QED) is 0.545. The van der Waals surface area contributed by atoms with Gasteiger partial charge in [-0.2, -0.15) is 0 Å². The van der Waals surface area contributed by atoms with Gasteiger partial charge in [-0.1, -0.05) is 6.92 Å². The van der Waals surface area contributed by atoms with Crippen LogP contribution in [0, 0.1) is 5.41 Å². The third kappa shape index (κ3) is 1.09. The molecule has 0 aromatic rings. The van der Waals surface area contributed by atoms with E-state index in [4.69, 9.17) is 4.74 Å². The van der Waals surface area contributed by atoms with Crippen molar-refractivity contribution in [1.82, 2.24) is 4.90 Å². The van der Waals surface area contributed by atoms with Crippen LogP contribution in [0.25, 0.3) is 0 Å². The van der Waals surface area contributed by atoms with E-state index in [0.29, 0.717) is 17.1 Å². The minimum atomic E-state index is 0.309. The van der Waals surface area contributed by atoms with Crippen LogP contribution in [0.3, 0.4) is 0 Å². The lowest BCUT2D eigenvalue weighted by atomic mass is 9.83. The highest BCUT2D eigenvalue weighted by atomic mass is 16.5. The van der Waals surface area contributed by atoms with Crippen molar-refractivity contribution in [3.05, 3.63) is 0 Å². The first-order valence-corrected chi connectivity index (χ1v) is 4.78. The molecule has 0 aromatic carbocycles. The second kappa shape index (κ2) is 2.24. The molecule has 2 nitrogen and oxygen atoms in total. The van der Waals surface area contributed by atoms with Gasteiger partial charge >= 0.3 is 0 Å². The first-order chi connectivity index (χ1) is 5.42. The molecule has 0 aliphatic carbocycles. The van der Waals surface area contributed by atoms with Crippen molar-refractivity contribution in [2.45, 2.75) is 39.3 Å². The van der Waals surface area contributed by atoms with Crippen molar-refractivity contribution >= 4 is 0 Å². The van der Waals surface area contributed by atoms with Gasteiger partial charge in [-0.3, -0.25) is 4.90 Å². The summed E-state index contributed by atoms with van der Waals surface area (Å²) in [6.07, 6.45) is 0.511. The largest absolute Gasteiger partial charge is 0.375 e. The van der Waals surface area contributed by atoms with E-state index in [1.807, 2.05) is 0 Å². The van der Waals surface area contributed by atoms with Crippen LogP contribution >= 0.6 is 0 Å².